The van der Waals surface area contributed by atoms with Crippen LogP contribution in [-0.4, -0.2) is 38.8 Å². The van der Waals surface area contributed by atoms with Crippen molar-refractivity contribution in [2.24, 2.45) is 0 Å². The van der Waals surface area contributed by atoms with Gasteiger partial charge >= 0.3 is 0 Å². The number of piperidine rings is 1. The molecule has 3 heterocycles. The summed E-state index contributed by atoms with van der Waals surface area (Å²) in [4.78, 5) is 27.4. The third kappa shape index (κ3) is 4.05. The largest absolute Gasteiger partial charge is 0.445 e. The monoisotopic (exact) mass is 362 g/mol. The molecule has 0 bridgehead atoms. The molecule has 1 aromatic carbocycles. The smallest absolute Gasteiger partial charge is 0.274 e. The van der Waals surface area contributed by atoms with Crippen molar-refractivity contribution in [1.82, 2.24) is 19.9 Å². The highest BCUT2D eigenvalue weighted by Gasteiger charge is 2.29. The summed E-state index contributed by atoms with van der Waals surface area (Å²) in [6.45, 7) is 3.18. The molecule has 3 aromatic rings. The highest BCUT2D eigenvalue weighted by atomic mass is 16.4. The van der Waals surface area contributed by atoms with E-state index in [1.807, 2.05) is 30.0 Å². The van der Waals surface area contributed by atoms with Crippen LogP contribution in [0.15, 0.2) is 53.3 Å². The Balaban J connectivity index is 1.44. The molecule has 0 aliphatic carbocycles. The summed E-state index contributed by atoms with van der Waals surface area (Å²) in [5, 5.41) is 0. The summed E-state index contributed by atoms with van der Waals surface area (Å²) in [7, 11) is 0. The standard InChI is InChI=1S/C21H22N4O2/c1-15-11-23-19(13-22-15)21(26)25-9-5-8-17(14-25)20-24-12-18(27-20)10-16-6-3-2-4-7-16/h2-4,6-7,11-13,17H,5,8-10,14H2,1H3/t17-/m1/s1. The molecule has 4 rings (SSSR count). The fraction of sp³-hybridized carbons (Fsp3) is 0.333. The van der Waals surface area contributed by atoms with Crippen LogP contribution in [0.4, 0.5) is 0 Å². The second kappa shape index (κ2) is 7.70. The Labute approximate surface area is 158 Å². The van der Waals surface area contributed by atoms with E-state index < -0.39 is 0 Å². The van der Waals surface area contributed by atoms with Gasteiger partial charge in [-0.2, -0.15) is 0 Å². The number of hydrogen-bond donors (Lipinski definition) is 0. The lowest BCUT2D eigenvalue weighted by atomic mass is 9.98. The van der Waals surface area contributed by atoms with E-state index in [0.717, 1.165) is 37.3 Å². The Bertz CT molecular complexity index is 905. The number of carbonyl (C=O) groups is 1. The Hall–Kier alpha value is -3.02. The highest BCUT2D eigenvalue weighted by Crippen LogP contribution is 2.27. The predicted molar refractivity (Wildman–Crippen MR) is 100 cm³/mol. The summed E-state index contributed by atoms with van der Waals surface area (Å²) < 4.78 is 6.00. The van der Waals surface area contributed by atoms with Crippen molar-refractivity contribution in [3.8, 4) is 0 Å². The Morgan fingerprint density at radius 2 is 2.00 bits per heavy atom. The van der Waals surface area contributed by atoms with Crippen LogP contribution in [-0.2, 0) is 6.42 Å². The summed E-state index contributed by atoms with van der Waals surface area (Å²) in [5.74, 6) is 1.60. The fourth-order valence-electron chi connectivity index (χ4n) is 3.42. The van der Waals surface area contributed by atoms with Gasteiger partial charge in [-0.05, 0) is 25.3 Å². The van der Waals surface area contributed by atoms with Gasteiger partial charge in [-0.15, -0.1) is 0 Å². The van der Waals surface area contributed by atoms with E-state index in [4.69, 9.17) is 4.42 Å². The number of amides is 1. The van der Waals surface area contributed by atoms with Crippen LogP contribution in [0.1, 0.15) is 52.2 Å². The van der Waals surface area contributed by atoms with Gasteiger partial charge in [0.1, 0.15) is 11.5 Å². The quantitative estimate of drug-likeness (QED) is 0.711. The van der Waals surface area contributed by atoms with E-state index in [-0.39, 0.29) is 11.8 Å². The summed E-state index contributed by atoms with van der Waals surface area (Å²) in [5.41, 5.74) is 2.38. The normalized spacial score (nSPS) is 17.1. The first-order chi connectivity index (χ1) is 13.2. The van der Waals surface area contributed by atoms with E-state index in [2.05, 4.69) is 27.1 Å². The minimum absolute atomic E-state index is 0.0803. The molecule has 2 aromatic heterocycles. The molecule has 1 aliphatic heterocycles. The number of nitrogens with zero attached hydrogens (tertiary/aromatic N) is 4. The zero-order chi connectivity index (χ0) is 18.6. The van der Waals surface area contributed by atoms with Crippen LogP contribution in [0.2, 0.25) is 0 Å². The Kier molecular flexibility index (Phi) is 4.96. The summed E-state index contributed by atoms with van der Waals surface area (Å²) in [6, 6.07) is 10.2. The minimum Gasteiger partial charge on any atom is -0.445 e. The van der Waals surface area contributed by atoms with Gasteiger partial charge in [0.25, 0.3) is 5.91 Å². The first-order valence-corrected chi connectivity index (χ1v) is 9.25. The summed E-state index contributed by atoms with van der Waals surface area (Å²) >= 11 is 0. The third-order valence-electron chi connectivity index (χ3n) is 4.85. The van der Waals surface area contributed by atoms with E-state index in [0.29, 0.717) is 18.1 Å². The maximum atomic E-state index is 12.7. The van der Waals surface area contributed by atoms with Gasteiger partial charge in [0, 0.05) is 25.7 Å². The number of likely N-dealkylation sites (tertiary alicyclic amines) is 1. The number of benzene rings is 1. The number of aryl methyl sites for hydroxylation is 1. The van der Waals surface area contributed by atoms with Crippen molar-refractivity contribution < 1.29 is 9.21 Å². The lowest BCUT2D eigenvalue weighted by molar-refractivity contribution is 0.0691. The molecule has 27 heavy (non-hydrogen) atoms. The predicted octanol–water partition coefficient (Wildman–Crippen LogP) is 3.38. The molecule has 1 atom stereocenters. The molecule has 1 amide bonds. The van der Waals surface area contributed by atoms with E-state index >= 15 is 0 Å². The molecular weight excluding hydrogens is 340 g/mol. The highest BCUT2D eigenvalue weighted by molar-refractivity contribution is 5.92. The molecule has 6 heteroatoms. The van der Waals surface area contributed by atoms with Crippen molar-refractivity contribution in [3.05, 3.63) is 77.5 Å². The lowest BCUT2D eigenvalue weighted by Gasteiger charge is -2.31. The van der Waals surface area contributed by atoms with E-state index in [9.17, 15) is 4.79 Å². The van der Waals surface area contributed by atoms with Crippen molar-refractivity contribution in [1.29, 1.82) is 0 Å². The molecule has 6 nitrogen and oxygen atoms in total. The second-order valence-corrected chi connectivity index (χ2v) is 6.96. The van der Waals surface area contributed by atoms with Crippen molar-refractivity contribution in [3.63, 3.8) is 0 Å². The number of oxazole rings is 1. The van der Waals surface area contributed by atoms with Crippen LogP contribution in [0, 0.1) is 6.92 Å². The van der Waals surface area contributed by atoms with Gasteiger partial charge < -0.3 is 9.32 Å². The minimum atomic E-state index is -0.0803. The van der Waals surface area contributed by atoms with Crippen LogP contribution in [0.5, 0.6) is 0 Å². The molecule has 1 aliphatic rings. The maximum absolute atomic E-state index is 12.7. The molecule has 0 spiro atoms. The zero-order valence-corrected chi connectivity index (χ0v) is 15.3. The first kappa shape index (κ1) is 17.4. The van der Waals surface area contributed by atoms with Crippen molar-refractivity contribution in [2.75, 3.05) is 13.1 Å². The average Bonchev–Trinajstić information content (AvgIpc) is 3.17. The van der Waals surface area contributed by atoms with Gasteiger partial charge in [0.2, 0.25) is 0 Å². The van der Waals surface area contributed by atoms with E-state index in [1.54, 1.807) is 18.6 Å². The molecule has 0 saturated carbocycles. The topological polar surface area (TPSA) is 72.1 Å². The maximum Gasteiger partial charge on any atom is 0.274 e. The van der Waals surface area contributed by atoms with Crippen molar-refractivity contribution >= 4 is 5.91 Å². The second-order valence-electron chi connectivity index (χ2n) is 6.96. The van der Waals surface area contributed by atoms with Gasteiger partial charge in [0.05, 0.1) is 24.0 Å². The average molecular weight is 362 g/mol. The molecule has 0 radical (unpaired) electrons. The third-order valence-corrected chi connectivity index (χ3v) is 4.85. The molecule has 0 unspecified atom stereocenters. The number of aromatic nitrogens is 3. The summed E-state index contributed by atoms with van der Waals surface area (Å²) in [6.07, 6.45) is 7.58. The fourth-order valence-corrected chi connectivity index (χ4v) is 3.42. The molecule has 1 fully saturated rings. The van der Waals surface area contributed by atoms with E-state index in [1.165, 1.54) is 5.56 Å². The van der Waals surface area contributed by atoms with Gasteiger partial charge in [0.15, 0.2) is 5.89 Å². The number of hydrogen-bond acceptors (Lipinski definition) is 5. The molecule has 0 N–H and O–H groups in total. The van der Waals surface area contributed by atoms with Crippen LogP contribution in [0.25, 0.3) is 0 Å². The number of carbonyl (C=O) groups excluding carboxylic acids is 1. The Morgan fingerprint density at radius 1 is 1.15 bits per heavy atom. The molecular formula is C21H22N4O2. The Morgan fingerprint density at radius 3 is 2.78 bits per heavy atom. The van der Waals surface area contributed by atoms with Gasteiger partial charge in [-0.3, -0.25) is 9.78 Å². The molecule has 1 saturated heterocycles. The van der Waals surface area contributed by atoms with Crippen LogP contribution >= 0.6 is 0 Å². The van der Waals surface area contributed by atoms with Crippen LogP contribution < -0.4 is 0 Å². The van der Waals surface area contributed by atoms with Gasteiger partial charge in [-0.1, -0.05) is 30.3 Å². The molecule has 138 valence electrons. The zero-order valence-electron chi connectivity index (χ0n) is 15.3. The number of rotatable bonds is 4. The van der Waals surface area contributed by atoms with Crippen LogP contribution in [0.3, 0.4) is 0 Å². The SMILES string of the molecule is Cc1cnc(C(=O)N2CCC[C@@H](c3ncc(Cc4ccccc4)o3)C2)cn1. The first-order valence-electron chi connectivity index (χ1n) is 9.25. The van der Waals surface area contributed by atoms with Gasteiger partial charge in [-0.25, -0.2) is 9.97 Å². The van der Waals surface area contributed by atoms with Crippen molar-refractivity contribution in [2.45, 2.75) is 32.1 Å². The lowest BCUT2D eigenvalue weighted by Crippen LogP contribution is -2.39.